The third-order valence-corrected chi connectivity index (χ3v) is 6.30. The first-order chi connectivity index (χ1) is 16.1. The largest absolute Gasteiger partial charge is 0.376 e. The van der Waals surface area contributed by atoms with Gasteiger partial charge in [0.1, 0.15) is 16.9 Å². The molecule has 8 nitrogen and oxygen atoms in total. The van der Waals surface area contributed by atoms with Gasteiger partial charge in [0.2, 0.25) is 0 Å². The van der Waals surface area contributed by atoms with Crippen LogP contribution in [0.1, 0.15) is 0 Å². The van der Waals surface area contributed by atoms with E-state index in [0.29, 0.717) is 22.7 Å². The number of anilines is 1. The summed E-state index contributed by atoms with van der Waals surface area (Å²) in [5, 5.41) is 8.14. The Morgan fingerprint density at radius 3 is 2.70 bits per heavy atom. The third-order valence-electron chi connectivity index (χ3n) is 5.42. The van der Waals surface area contributed by atoms with Gasteiger partial charge < -0.3 is 9.88 Å². The van der Waals surface area contributed by atoms with E-state index in [1.165, 1.54) is 6.07 Å². The van der Waals surface area contributed by atoms with Crippen LogP contribution in [0.3, 0.4) is 0 Å². The molecule has 162 valence electrons. The molecule has 0 saturated heterocycles. The molecule has 0 saturated carbocycles. The predicted molar refractivity (Wildman–Crippen MR) is 128 cm³/mol. The number of nitrogens with zero attached hydrogens (tertiary/aromatic N) is 6. The zero-order valence-corrected chi connectivity index (χ0v) is 18.5. The van der Waals surface area contributed by atoms with Crippen molar-refractivity contribution in [2.75, 3.05) is 19.0 Å². The van der Waals surface area contributed by atoms with Crippen molar-refractivity contribution >= 4 is 39.0 Å². The zero-order valence-electron chi connectivity index (χ0n) is 17.7. The van der Waals surface area contributed by atoms with Crippen molar-refractivity contribution in [1.82, 2.24) is 35.1 Å². The SMILES string of the molecule is CN(C)c1cncc(-c2cc3c(-c4nc5c(-c6ccc(F)s6)nccc5[nH]4)n[nH]c3cn2)c1. The molecule has 0 fully saturated rings. The van der Waals surface area contributed by atoms with E-state index >= 15 is 0 Å². The molecule has 2 N–H and O–H groups in total. The number of hydrogen-bond acceptors (Lipinski definition) is 7. The quantitative estimate of drug-likeness (QED) is 0.392. The van der Waals surface area contributed by atoms with Gasteiger partial charge in [0.05, 0.1) is 39.7 Å². The molecule has 0 radical (unpaired) electrons. The maximum absolute atomic E-state index is 13.6. The summed E-state index contributed by atoms with van der Waals surface area (Å²) in [6.45, 7) is 0. The average molecular weight is 457 g/mol. The van der Waals surface area contributed by atoms with E-state index in [-0.39, 0.29) is 5.13 Å². The van der Waals surface area contributed by atoms with Gasteiger partial charge in [-0.25, -0.2) is 4.98 Å². The second-order valence-corrected chi connectivity index (χ2v) is 8.79. The van der Waals surface area contributed by atoms with Crippen LogP contribution in [-0.4, -0.2) is 49.2 Å². The van der Waals surface area contributed by atoms with Gasteiger partial charge in [0, 0.05) is 37.4 Å². The number of aromatic amines is 2. The number of imidazole rings is 1. The smallest absolute Gasteiger partial charge is 0.177 e. The van der Waals surface area contributed by atoms with Crippen LogP contribution >= 0.6 is 11.3 Å². The Morgan fingerprint density at radius 2 is 1.88 bits per heavy atom. The first-order valence-corrected chi connectivity index (χ1v) is 11.0. The van der Waals surface area contributed by atoms with Crippen LogP contribution in [0, 0.1) is 5.13 Å². The summed E-state index contributed by atoms with van der Waals surface area (Å²) in [4.78, 5) is 24.2. The van der Waals surface area contributed by atoms with Crippen molar-refractivity contribution in [1.29, 1.82) is 0 Å². The molecule has 0 unspecified atom stereocenters. The molecular formula is C23H17FN8S. The van der Waals surface area contributed by atoms with Crippen LogP contribution in [0.25, 0.3) is 55.3 Å². The molecule has 10 heteroatoms. The lowest BCUT2D eigenvalue weighted by Gasteiger charge is -2.12. The number of nitrogens with one attached hydrogen (secondary N) is 2. The first-order valence-electron chi connectivity index (χ1n) is 10.1. The topological polar surface area (TPSA) is 99.3 Å². The minimum Gasteiger partial charge on any atom is -0.376 e. The van der Waals surface area contributed by atoms with Crippen molar-refractivity contribution < 1.29 is 4.39 Å². The van der Waals surface area contributed by atoms with E-state index in [2.05, 4.69) is 30.1 Å². The van der Waals surface area contributed by atoms with Gasteiger partial charge in [-0.15, -0.1) is 11.3 Å². The summed E-state index contributed by atoms with van der Waals surface area (Å²) in [6.07, 6.45) is 7.05. The second-order valence-electron chi connectivity index (χ2n) is 7.76. The minimum atomic E-state index is -0.259. The predicted octanol–water partition coefficient (Wildman–Crippen LogP) is 4.89. The number of halogens is 1. The van der Waals surface area contributed by atoms with Crippen LogP contribution < -0.4 is 4.90 Å². The Kier molecular flexibility index (Phi) is 4.40. The van der Waals surface area contributed by atoms with Gasteiger partial charge in [-0.1, -0.05) is 0 Å². The van der Waals surface area contributed by atoms with Crippen molar-refractivity contribution in [2.45, 2.75) is 0 Å². The van der Waals surface area contributed by atoms with Crippen molar-refractivity contribution in [3.63, 3.8) is 0 Å². The summed E-state index contributed by atoms with van der Waals surface area (Å²) in [5.74, 6) is 0.597. The highest BCUT2D eigenvalue weighted by Crippen LogP contribution is 2.33. The van der Waals surface area contributed by atoms with Crippen LogP contribution in [0.2, 0.25) is 0 Å². The lowest BCUT2D eigenvalue weighted by atomic mass is 10.1. The fourth-order valence-electron chi connectivity index (χ4n) is 3.74. The van der Waals surface area contributed by atoms with Gasteiger partial charge in [-0.3, -0.25) is 20.1 Å². The molecule has 0 aliphatic rings. The summed E-state index contributed by atoms with van der Waals surface area (Å²) >= 11 is 1.05. The normalized spacial score (nSPS) is 11.5. The molecule has 0 atom stereocenters. The molecule has 6 rings (SSSR count). The molecule has 0 aromatic carbocycles. The third kappa shape index (κ3) is 3.31. The van der Waals surface area contributed by atoms with E-state index in [1.54, 1.807) is 24.7 Å². The van der Waals surface area contributed by atoms with E-state index in [9.17, 15) is 4.39 Å². The second kappa shape index (κ2) is 7.45. The van der Waals surface area contributed by atoms with Crippen LogP contribution in [0.5, 0.6) is 0 Å². The standard InChI is InChI=1S/C23H17FN8S/c1-32(2)13-7-12(9-25-10-13)16-8-14-17(11-27-16)30-31-20(14)23-28-15-5-6-26-22(21(15)29-23)18-3-4-19(24)33-18/h3-11H,1-2H3,(H,28,29)(H,30,31). The Bertz CT molecular complexity index is 1630. The number of fused-ring (bicyclic) bond motifs is 2. The zero-order chi connectivity index (χ0) is 22.5. The lowest BCUT2D eigenvalue weighted by Crippen LogP contribution is -2.08. The molecule has 33 heavy (non-hydrogen) atoms. The monoisotopic (exact) mass is 456 g/mol. The van der Waals surface area contributed by atoms with Crippen LogP contribution in [0.4, 0.5) is 10.1 Å². The van der Waals surface area contributed by atoms with Crippen LogP contribution in [-0.2, 0) is 0 Å². The summed E-state index contributed by atoms with van der Waals surface area (Å²) in [6, 6.07) is 9.02. The van der Waals surface area contributed by atoms with Crippen molar-refractivity contribution in [3.05, 3.63) is 60.3 Å². The summed E-state index contributed by atoms with van der Waals surface area (Å²) < 4.78 is 13.6. The maximum atomic E-state index is 13.6. The number of rotatable bonds is 4. The minimum absolute atomic E-state index is 0.259. The summed E-state index contributed by atoms with van der Waals surface area (Å²) in [7, 11) is 3.95. The fraction of sp³-hybridized carbons (Fsp3) is 0.0870. The number of H-pyrrole nitrogens is 2. The van der Waals surface area contributed by atoms with E-state index in [1.807, 2.05) is 43.4 Å². The van der Waals surface area contributed by atoms with Crippen molar-refractivity contribution in [3.8, 4) is 33.3 Å². The molecule has 6 aromatic heterocycles. The van der Waals surface area contributed by atoms with Gasteiger partial charge in [-0.2, -0.15) is 9.49 Å². The maximum Gasteiger partial charge on any atom is 0.177 e. The van der Waals surface area contributed by atoms with Gasteiger partial charge in [-0.05, 0) is 30.3 Å². The van der Waals surface area contributed by atoms with E-state index in [4.69, 9.17) is 4.98 Å². The molecule has 0 amide bonds. The van der Waals surface area contributed by atoms with Gasteiger partial charge >= 0.3 is 0 Å². The molecule has 0 spiro atoms. The Morgan fingerprint density at radius 1 is 0.970 bits per heavy atom. The van der Waals surface area contributed by atoms with E-state index < -0.39 is 0 Å². The highest BCUT2D eigenvalue weighted by Gasteiger charge is 2.17. The average Bonchev–Trinajstić information content (AvgIpc) is 3.55. The Labute approximate surface area is 191 Å². The highest BCUT2D eigenvalue weighted by molar-refractivity contribution is 7.13. The Hall–Kier alpha value is -4.18. The van der Waals surface area contributed by atoms with E-state index in [0.717, 1.165) is 49.6 Å². The Balaban J connectivity index is 1.48. The summed E-state index contributed by atoms with van der Waals surface area (Å²) in [5.41, 5.74) is 6.26. The fourth-order valence-corrected chi connectivity index (χ4v) is 4.47. The highest BCUT2D eigenvalue weighted by atomic mass is 32.1. The number of pyridine rings is 3. The number of thiophene rings is 1. The number of aromatic nitrogens is 7. The molecule has 0 aliphatic heterocycles. The van der Waals surface area contributed by atoms with Crippen molar-refractivity contribution in [2.24, 2.45) is 0 Å². The molecular weight excluding hydrogens is 439 g/mol. The molecule has 0 bridgehead atoms. The van der Waals surface area contributed by atoms with Gasteiger partial charge in [0.25, 0.3) is 0 Å². The van der Waals surface area contributed by atoms with Crippen LogP contribution in [0.15, 0.2) is 55.1 Å². The first kappa shape index (κ1) is 19.5. The lowest BCUT2D eigenvalue weighted by molar-refractivity contribution is 0.657. The van der Waals surface area contributed by atoms with Gasteiger partial charge in [0.15, 0.2) is 11.0 Å². The number of hydrogen-bond donors (Lipinski definition) is 2. The molecule has 6 aromatic rings. The molecule has 6 heterocycles. The molecule has 0 aliphatic carbocycles.